The number of para-hydroxylation sites is 2. The molecule has 7 rings (SSSR count). The SMILES string of the molecule is CCn1c2ccccc2c2cc(C(C)(C)c3nc4c5ccccc5n5nccc5c4o3)ccc21. The average molecular weight is 445 g/mol. The molecule has 5 heteroatoms. The van der Waals surface area contributed by atoms with Gasteiger partial charge in [-0.3, -0.25) is 0 Å². The van der Waals surface area contributed by atoms with Crippen molar-refractivity contribution in [3.05, 3.63) is 90.4 Å². The Labute approximate surface area is 196 Å². The monoisotopic (exact) mass is 444 g/mol. The van der Waals surface area contributed by atoms with E-state index in [0.717, 1.165) is 34.1 Å². The largest absolute Gasteiger partial charge is 0.437 e. The highest BCUT2D eigenvalue weighted by molar-refractivity contribution is 6.09. The number of benzene rings is 3. The molecule has 0 aliphatic carbocycles. The minimum atomic E-state index is -0.416. The Morgan fingerprint density at radius 1 is 0.794 bits per heavy atom. The molecule has 5 nitrogen and oxygen atoms in total. The predicted octanol–water partition coefficient (Wildman–Crippen LogP) is 7.08. The quantitative estimate of drug-likeness (QED) is 0.292. The molecule has 7 aromatic rings. The number of nitrogens with zero attached hydrogens (tertiary/aromatic N) is 4. The predicted molar refractivity (Wildman–Crippen MR) is 138 cm³/mol. The van der Waals surface area contributed by atoms with Gasteiger partial charge in [0.2, 0.25) is 5.89 Å². The number of rotatable bonds is 3. The maximum atomic E-state index is 6.52. The number of oxazole rings is 1. The van der Waals surface area contributed by atoms with Crippen LogP contribution >= 0.6 is 0 Å². The lowest BCUT2D eigenvalue weighted by atomic mass is 9.84. The third-order valence-corrected chi connectivity index (χ3v) is 7.23. The van der Waals surface area contributed by atoms with Crippen molar-refractivity contribution in [2.45, 2.75) is 32.7 Å². The van der Waals surface area contributed by atoms with Crippen molar-refractivity contribution in [2.75, 3.05) is 0 Å². The van der Waals surface area contributed by atoms with Crippen molar-refractivity contribution in [3.63, 3.8) is 0 Å². The molecule has 4 heterocycles. The Morgan fingerprint density at radius 2 is 1.53 bits per heavy atom. The van der Waals surface area contributed by atoms with Gasteiger partial charge in [0.1, 0.15) is 11.0 Å². The second kappa shape index (κ2) is 6.70. The average Bonchev–Trinajstić information content (AvgIpc) is 3.59. The first-order valence-corrected chi connectivity index (χ1v) is 11.7. The van der Waals surface area contributed by atoms with Crippen molar-refractivity contribution in [1.29, 1.82) is 0 Å². The molecular weight excluding hydrogens is 420 g/mol. The molecule has 3 aromatic carbocycles. The van der Waals surface area contributed by atoms with Gasteiger partial charge in [0.15, 0.2) is 5.58 Å². The van der Waals surface area contributed by atoms with Gasteiger partial charge in [-0.15, -0.1) is 0 Å². The van der Waals surface area contributed by atoms with E-state index in [1.54, 1.807) is 0 Å². The summed E-state index contributed by atoms with van der Waals surface area (Å²) in [6.07, 6.45) is 1.81. The minimum Gasteiger partial charge on any atom is -0.437 e. The normalized spacial score (nSPS) is 12.7. The summed E-state index contributed by atoms with van der Waals surface area (Å²) in [4.78, 5) is 5.07. The van der Waals surface area contributed by atoms with Crippen LogP contribution in [-0.2, 0) is 12.0 Å². The van der Waals surface area contributed by atoms with Gasteiger partial charge in [-0.2, -0.15) is 5.10 Å². The van der Waals surface area contributed by atoms with E-state index in [0.29, 0.717) is 5.89 Å². The van der Waals surface area contributed by atoms with Crippen LogP contribution in [0, 0.1) is 0 Å². The Bertz CT molecular complexity index is 1880. The Morgan fingerprint density at radius 3 is 2.35 bits per heavy atom. The van der Waals surface area contributed by atoms with Gasteiger partial charge in [-0.1, -0.05) is 42.5 Å². The standard InChI is InChI=1S/C29H24N4O/c1-4-32-22-11-7-5-9-19(22)21-17-18(13-14-23(21)32)29(2,3)28-31-26-20-10-6-8-12-24(20)33-25(15-16-30-33)27(26)34-28/h5-17H,4H2,1-3H3. The van der Waals surface area contributed by atoms with Crippen LogP contribution in [0.1, 0.15) is 32.2 Å². The van der Waals surface area contributed by atoms with Crippen molar-refractivity contribution >= 4 is 49.3 Å². The fraction of sp³-hybridized carbons (Fsp3) is 0.172. The highest BCUT2D eigenvalue weighted by Crippen LogP contribution is 2.39. The van der Waals surface area contributed by atoms with Crippen molar-refractivity contribution in [1.82, 2.24) is 19.2 Å². The topological polar surface area (TPSA) is 48.3 Å². The highest BCUT2D eigenvalue weighted by Gasteiger charge is 2.31. The van der Waals surface area contributed by atoms with Crippen molar-refractivity contribution in [2.24, 2.45) is 0 Å². The molecule has 0 bridgehead atoms. The molecule has 0 amide bonds. The van der Waals surface area contributed by atoms with Gasteiger partial charge in [-0.25, -0.2) is 9.50 Å². The highest BCUT2D eigenvalue weighted by atomic mass is 16.4. The summed E-state index contributed by atoms with van der Waals surface area (Å²) in [6.45, 7) is 7.51. The molecule has 0 aliphatic rings. The summed E-state index contributed by atoms with van der Waals surface area (Å²) < 4.78 is 10.8. The van der Waals surface area contributed by atoms with E-state index in [-0.39, 0.29) is 0 Å². The van der Waals surface area contributed by atoms with E-state index in [4.69, 9.17) is 9.40 Å². The third-order valence-electron chi connectivity index (χ3n) is 7.23. The second-order valence-corrected chi connectivity index (χ2v) is 9.46. The molecule has 0 atom stereocenters. The van der Waals surface area contributed by atoms with Gasteiger partial charge in [-0.05, 0) is 56.7 Å². The number of aryl methyl sites for hydroxylation is 1. The van der Waals surface area contributed by atoms with E-state index < -0.39 is 5.41 Å². The summed E-state index contributed by atoms with van der Waals surface area (Å²) in [5.41, 5.74) is 6.92. The fourth-order valence-corrected chi connectivity index (χ4v) is 5.38. The summed E-state index contributed by atoms with van der Waals surface area (Å²) in [6, 6.07) is 25.6. The van der Waals surface area contributed by atoms with Gasteiger partial charge in [0, 0.05) is 33.7 Å². The zero-order chi connectivity index (χ0) is 23.0. The van der Waals surface area contributed by atoms with Crippen LogP contribution in [-0.4, -0.2) is 19.2 Å². The molecule has 0 unspecified atom stereocenters. The van der Waals surface area contributed by atoms with Gasteiger partial charge >= 0.3 is 0 Å². The first-order valence-electron chi connectivity index (χ1n) is 11.7. The Kier molecular flexibility index (Phi) is 3.82. The van der Waals surface area contributed by atoms with E-state index in [1.165, 1.54) is 27.4 Å². The zero-order valence-electron chi connectivity index (χ0n) is 19.4. The molecule has 0 spiro atoms. The smallest absolute Gasteiger partial charge is 0.205 e. The number of aromatic nitrogens is 4. The summed E-state index contributed by atoms with van der Waals surface area (Å²) in [7, 11) is 0. The van der Waals surface area contributed by atoms with E-state index in [2.05, 4.69) is 85.0 Å². The summed E-state index contributed by atoms with van der Waals surface area (Å²) in [5.74, 6) is 0.709. The molecule has 0 radical (unpaired) electrons. The fourth-order valence-electron chi connectivity index (χ4n) is 5.38. The maximum absolute atomic E-state index is 6.52. The van der Waals surface area contributed by atoms with Crippen molar-refractivity contribution in [3.8, 4) is 0 Å². The number of fused-ring (bicyclic) bond motifs is 9. The summed E-state index contributed by atoms with van der Waals surface area (Å²) in [5, 5.41) is 8.11. The Balaban J connectivity index is 1.48. The lowest BCUT2D eigenvalue weighted by molar-refractivity contribution is 0.434. The first kappa shape index (κ1) is 19.4. The van der Waals surface area contributed by atoms with Crippen LogP contribution in [0.2, 0.25) is 0 Å². The molecule has 0 saturated carbocycles. The molecule has 166 valence electrons. The molecule has 34 heavy (non-hydrogen) atoms. The van der Waals surface area contributed by atoms with Crippen LogP contribution in [0.4, 0.5) is 0 Å². The van der Waals surface area contributed by atoms with Gasteiger partial charge in [0.25, 0.3) is 0 Å². The molecule has 0 fully saturated rings. The van der Waals surface area contributed by atoms with Gasteiger partial charge < -0.3 is 8.98 Å². The first-order chi connectivity index (χ1) is 16.6. The number of hydrogen-bond donors (Lipinski definition) is 0. The summed E-state index contributed by atoms with van der Waals surface area (Å²) >= 11 is 0. The Hall–Kier alpha value is -4.12. The molecule has 0 saturated heterocycles. The maximum Gasteiger partial charge on any atom is 0.205 e. The zero-order valence-corrected chi connectivity index (χ0v) is 19.4. The van der Waals surface area contributed by atoms with Gasteiger partial charge in [0.05, 0.1) is 17.1 Å². The van der Waals surface area contributed by atoms with E-state index in [1.807, 2.05) is 28.9 Å². The van der Waals surface area contributed by atoms with E-state index in [9.17, 15) is 0 Å². The minimum absolute atomic E-state index is 0.416. The third kappa shape index (κ3) is 2.44. The molecule has 0 N–H and O–H groups in total. The molecular formula is C29H24N4O. The number of pyridine rings is 1. The second-order valence-electron chi connectivity index (χ2n) is 9.46. The molecule has 0 aliphatic heterocycles. The van der Waals surface area contributed by atoms with Crippen LogP contribution in [0.25, 0.3) is 49.3 Å². The van der Waals surface area contributed by atoms with Crippen LogP contribution in [0.15, 0.2) is 83.4 Å². The molecule has 4 aromatic heterocycles. The van der Waals surface area contributed by atoms with Crippen molar-refractivity contribution < 1.29 is 4.42 Å². The van der Waals surface area contributed by atoms with E-state index >= 15 is 0 Å². The lowest BCUT2D eigenvalue weighted by Crippen LogP contribution is -2.19. The lowest BCUT2D eigenvalue weighted by Gasteiger charge is -2.21. The van der Waals surface area contributed by atoms with Crippen LogP contribution < -0.4 is 0 Å². The van der Waals surface area contributed by atoms with Crippen LogP contribution in [0.3, 0.4) is 0 Å². The van der Waals surface area contributed by atoms with Crippen LogP contribution in [0.5, 0.6) is 0 Å². The number of hydrogen-bond acceptors (Lipinski definition) is 3.